The molecule has 0 aliphatic carbocycles. The van der Waals surface area contributed by atoms with E-state index in [-0.39, 0.29) is 0 Å². The SMILES string of the molecule is Cc1cnc(-c2ccc(I)c(Cl)c2)o1. The Kier molecular flexibility index (Phi) is 2.78. The highest BCUT2D eigenvalue weighted by Gasteiger charge is 2.06. The molecule has 2 rings (SSSR count). The summed E-state index contributed by atoms with van der Waals surface area (Å²) in [6.07, 6.45) is 1.70. The van der Waals surface area contributed by atoms with Gasteiger partial charge < -0.3 is 4.42 Å². The molecule has 0 fully saturated rings. The normalized spacial score (nSPS) is 10.5. The second-order valence-electron chi connectivity index (χ2n) is 2.90. The van der Waals surface area contributed by atoms with Crippen LogP contribution in [0.1, 0.15) is 5.76 Å². The van der Waals surface area contributed by atoms with Crippen LogP contribution in [0.15, 0.2) is 28.8 Å². The lowest BCUT2D eigenvalue weighted by Gasteiger charge is -1.98. The summed E-state index contributed by atoms with van der Waals surface area (Å²) in [5.41, 5.74) is 0.906. The van der Waals surface area contributed by atoms with Crippen molar-refractivity contribution in [1.82, 2.24) is 4.98 Å². The molecular formula is C10H7ClINO. The van der Waals surface area contributed by atoms with Crippen LogP contribution in [0.5, 0.6) is 0 Å². The van der Waals surface area contributed by atoms with Gasteiger partial charge in [-0.05, 0) is 47.7 Å². The summed E-state index contributed by atoms with van der Waals surface area (Å²) in [4.78, 5) is 4.13. The van der Waals surface area contributed by atoms with Crippen LogP contribution in [0.2, 0.25) is 5.02 Å². The predicted octanol–water partition coefficient (Wildman–Crippen LogP) is 3.91. The number of halogens is 2. The molecule has 0 radical (unpaired) electrons. The first-order chi connectivity index (χ1) is 6.66. The molecule has 2 nitrogen and oxygen atoms in total. The van der Waals surface area contributed by atoms with Crippen LogP contribution in [-0.2, 0) is 0 Å². The number of hydrogen-bond acceptors (Lipinski definition) is 2. The van der Waals surface area contributed by atoms with Crippen molar-refractivity contribution in [2.24, 2.45) is 0 Å². The Hall–Kier alpha value is -0.550. The van der Waals surface area contributed by atoms with Crippen molar-refractivity contribution in [2.45, 2.75) is 6.92 Å². The molecule has 0 aliphatic rings. The Bertz CT molecular complexity index is 467. The number of nitrogens with zero attached hydrogens (tertiary/aromatic N) is 1. The fourth-order valence-electron chi connectivity index (χ4n) is 1.12. The largest absolute Gasteiger partial charge is 0.441 e. The summed E-state index contributed by atoms with van der Waals surface area (Å²) < 4.78 is 6.42. The number of rotatable bonds is 1. The first-order valence-corrected chi connectivity index (χ1v) is 5.50. The van der Waals surface area contributed by atoms with E-state index >= 15 is 0 Å². The van der Waals surface area contributed by atoms with Crippen molar-refractivity contribution < 1.29 is 4.42 Å². The zero-order valence-corrected chi connectivity index (χ0v) is 10.3. The van der Waals surface area contributed by atoms with E-state index in [2.05, 4.69) is 27.6 Å². The molecule has 0 bridgehead atoms. The molecule has 0 saturated carbocycles. The van der Waals surface area contributed by atoms with Gasteiger partial charge in [0, 0.05) is 9.13 Å². The van der Waals surface area contributed by atoms with Crippen LogP contribution in [0, 0.1) is 10.5 Å². The standard InChI is InChI=1S/C10H7ClINO/c1-6-5-13-10(14-6)7-2-3-9(12)8(11)4-7/h2-5H,1H3. The van der Waals surface area contributed by atoms with Gasteiger partial charge >= 0.3 is 0 Å². The molecule has 1 aromatic heterocycles. The molecule has 14 heavy (non-hydrogen) atoms. The molecule has 0 saturated heterocycles. The molecule has 0 spiro atoms. The van der Waals surface area contributed by atoms with Crippen molar-refractivity contribution in [3.05, 3.63) is 38.7 Å². The molecule has 0 N–H and O–H groups in total. The topological polar surface area (TPSA) is 26.0 Å². The number of aromatic nitrogens is 1. The molecular weight excluding hydrogens is 312 g/mol. The lowest BCUT2D eigenvalue weighted by molar-refractivity contribution is 0.542. The summed E-state index contributed by atoms with van der Waals surface area (Å²) in [5, 5.41) is 0.721. The van der Waals surface area contributed by atoms with Gasteiger partial charge in [0.05, 0.1) is 11.2 Å². The minimum atomic E-state index is 0.612. The van der Waals surface area contributed by atoms with Crippen LogP contribution >= 0.6 is 34.2 Å². The lowest BCUT2D eigenvalue weighted by atomic mass is 10.2. The quantitative estimate of drug-likeness (QED) is 0.745. The zero-order valence-electron chi connectivity index (χ0n) is 7.42. The molecule has 0 amide bonds. The highest BCUT2D eigenvalue weighted by molar-refractivity contribution is 14.1. The van der Waals surface area contributed by atoms with Crippen LogP contribution in [0.3, 0.4) is 0 Å². The van der Waals surface area contributed by atoms with Gasteiger partial charge in [-0.2, -0.15) is 0 Å². The minimum Gasteiger partial charge on any atom is -0.441 e. The Morgan fingerprint density at radius 3 is 2.79 bits per heavy atom. The maximum Gasteiger partial charge on any atom is 0.226 e. The Morgan fingerprint density at radius 2 is 2.21 bits per heavy atom. The van der Waals surface area contributed by atoms with Crippen molar-refractivity contribution in [3.8, 4) is 11.5 Å². The van der Waals surface area contributed by atoms with E-state index in [0.29, 0.717) is 5.89 Å². The number of benzene rings is 1. The third-order valence-electron chi connectivity index (χ3n) is 1.79. The maximum atomic E-state index is 5.99. The van der Waals surface area contributed by atoms with Gasteiger partial charge in [-0.15, -0.1) is 0 Å². The van der Waals surface area contributed by atoms with Crippen molar-refractivity contribution >= 4 is 34.2 Å². The fourth-order valence-corrected chi connectivity index (χ4v) is 1.63. The van der Waals surface area contributed by atoms with Crippen LogP contribution in [0.4, 0.5) is 0 Å². The molecule has 2 aromatic rings. The molecule has 0 atom stereocenters. The summed E-state index contributed by atoms with van der Waals surface area (Å²) in [6, 6.07) is 5.74. The third-order valence-corrected chi connectivity index (χ3v) is 3.36. The highest BCUT2D eigenvalue weighted by atomic mass is 127. The first kappa shape index (κ1) is 9.98. The average molecular weight is 320 g/mol. The number of aryl methyl sites for hydroxylation is 1. The Morgan fingerprint density at radius 1 is 1.43 bits per heavy atom. The van der Waals surface area contributed by atoms with Gasteiger partial charge in [-0.1, -0.05) is 11.6 Å². The number of oxazole rings is 1. The third kappa shape index (κ3) is 1.93. The van der Waals surface area contributed by atoms with Crippen LogP contribution in [-0.4, -0.2) is 4.98 Å². The van der Waals surface area contributed by atoms with Gasteiger partial charge in [-0.25, -0.2) is 4.98 Å². The predicted molar refractivity (Wildman–Crippen MR) is 64.4 cm³/mol. The van der Waals surface area contributed by atoms with Gasteiger partial charge in [0.1, 0.15) is 5.76 Å². The molecule has 1 heterocycles. The minimum absolute atomic E-state index is 0.612. The summed E-state index contributed by atoms with van der Waals surface area (Å²) in [7, 11) is 0. The summed E-state index contributed by atoms with van der Waals surface area (Å²) in [6.45, 7) is 1.87. The lowest BCUT2D eigenvalue weighted by Crippen LogP contribution is -1.79. The van der Waals surface area contributed by atoms with E-state index < -0.39 is 0 Å². The van der Waals surface area contributed by atoms with Gasteiger partial charge in [-0.3, -0.25) is 0 Å². The van der Waals surface area contributed by atoms with E-state index in [0.717, 1.165) is 19.9 Å². The zero-order chi connectivity index (χ0) is 10.1. The molecule has 4 heteroatoms. The van der Waals surface area contributed by atoms with E-state index in [4.69, 9.17) is 16.0 Å². The van der Waals surface area contributed by atoms with E-state index in [1.54, 1.807) is 6.20 Å². The van der Waals surface area contributed by atoms with Gasteiger partial charge in [0.25, 0.3) is 0 Å². The fraction of sp³-hybridized carbons (Fsp3) is 0.100. The van der Waals surface area contributed by atoms with E-state index in [9.17, 15) is 0 Å². The molecule has 0 unspecified atom stereocenters. The highest BCUT2D eigenvalue weighted by Crippen LogP contribution is 2.26. The van der Waals surface area contributed by atoms with Crippen molar-refractivity contribution in [1.29, 1.82) is 0 Å². The second-order valence-corrected chi connectivity index (χ2v) is 4.47. The van der Waals surface area contributed by atoms with Gasteiger partial charge in [0.15, 0.2) is 0 Å². The van der Waals surface area contributed by atoms with Crippen molar-refractivity contribution in [2.75, 3.05) is 0 Å². The van der Waals surface area contributed by atoms with Crippen LogP contribution in [0.25, 0.3) is 11.5 Å². The molecule has 72 valence electrons. The van der Waals surface area contributed by atoms with E-state index in [1.165, 1.54) is 0 Å². The smallest absolute Gasteiger partial charge is 0.226 e. The Labute approximate surface area is 100 Å². The molecule has 1 aromatic carbocycles. The van der Waals surface area contributed by atoms with Crippen LogP contribution < -0.4 is 0 Å². The second kappa shape index (κ2) is 3.90. The van der Waals surface area contributed by atoms with Crippen molar-refractivity contribution in [3.63, 3.8) is 0 Å². The number of hydrogen-bond donors (Lipinski definition) is 0. The van der Waals surface area contributed by atoms with E-state index in [1.807, 2.05) is 25.1 Å². The monoisotopic (exact) mass is 319 g/mol. The summed E-state index contributed by atoms with van der Waals surface area (Å²) >= 11 is 8.18. The van der Waals surface area contributed by atoms with Gasteiger partial charge in [0.2, 0.25) is 5.89 Å². The first-order valence-electron chi connectivity index (χ1n) is 4.04. The molecule has 0 aliphatic heterocycles. The summed E-state index contributed by atoms with van der Waals surface area (Å²) in [5.74, 6) is 1.41. The average Bonchev–Trinajstić information content (AvgIpc) is 2.57. The maximum absolute atomic E-state index is 5.99. The Balaban J connectivity index is 2.47.